The standard InChI is InChI=1S/C51H100N4O7/c1-3-5-7-9-11-13-15-17-19-21-23-25-27-29-31-33-37-61-50(57)41-46(54-49(56)45-55-43-47(59-39-35-52)48(44-55)60-40-36-53)42-51(58)62-38-34-32-30-28-26-24-22-20-18-16-14-12-10-8-6-4-2/h46-48H,3-45,52-53H2,1-2H3,(H,54,56)/t47-,48+. The van der Waals surface area contributed by atoms with E-state index in [4.69, 9.17) is 30.4 Å². The van der Waals surface area contributed by atoms with Gasteiger partial charge in [0.05, 0.1) is 58.0 Å². The van der Waals surface area contributed by atoms with Gasteiger partial charge in [0, 0.05) is 32.2 Å². The second-order valence-corrected chi connectivity index (χ2v) is 18.3. The van der Waals surface area contributed by atoms with Gasteiger partial charge in [-0.2, -0.15) is 0 Å². The highest BCUT2D eigenvalue weighted by molar-refractivity contribution is 5.81. The van der Waals surface area contributed by atoms with E-state index in [1.165, 1.54) is 167 Å². The maximum atomic E-state index is 13.3. The number of carbonyl (C=O) groups is 3. The van der Waals surface area contributed by atoms with E-state index in [0.717, 1.165) is 38.5 Å². The molecule has 0 aromatic rings. The summed E-state index contributed by atoms with van der Waals surface area (Å²) in [6.07, 6.45) is 40.5. The maximum Gasteiger partial charge on any atom is 0.307 e. The summed E-state index contributed by atoms with van der Waals surface area (Å²) in [5, 5.41) is 2.93. The zero-order valence-corrected chi connectivity index (χ0v) is 40.6. The number of amides is 1. The lowest BCUT2D eigenvalue weighted by molar-refractivity contribution is -0.146. The number of ether oxygens (including phenoxy) is 4. The molecule has 11 heteroatoms. The molecule has 0 aromatic heterocycles. The van der Waals surface area contributed by atoms with Gasteiger partial charge >= 0.3 is 11.9 Å². The van der Waals surface area contributed by atoms with Gasteiger partial charge in [-0.05, 0) is 12.8 Å². The molecule has 1 aliphatic rings. The second kappa shape index (κ2) is 44.4. The molecule has 2 atom stereocenters. The van der Waals surface area contributed by atoms with E-state index in [9.17, 15) is 14.4 Å². The zero-order valence-electron chi connectivity index (χ0n) is 40.6. The van der Waals surface area contributed by atoms with Gasteiger partial charge in [0.15, 0.2) is 0 Å². The highest BCUT2D eigenvalue weighted by atomic mass is 16.5. The Labute approximate surface area is 381 Å². The molecular formula is C51H100N4O7. The summed E-state index contributed by atoms with van der Waals surface area (Å²) in [5.41, 5.74) is 11.3. The fourth-order valence-corrected chi connectivity index (χ4v) is 8.55. The Morgan fingerprint density at radius 3 is 1.05 bits per heavy atom. The Kier molecular flexibility index (Phi) is 41.7. The van der Waals surface area contributed by atoms with E-state index in [0.29, 0.717) is 52.6 Å². The van der Waals surface area contributed by atoms with Gasteiger partial charge in [0.2, 0.25) is 5.91 Å². The number of unbranched alkanes of at least 4 members (excludes halogenated alkanes) is 30. The highest BCUT2D eigenvalue weighted by Gasteiger charge is 2.35. The summed E-state index contributed by atoms with van der Waals surface area (Å²) in [6, 6.07) is -0.713. The number of carbonyl (C=O) groups excluding carboxylic acids is 3. The van der Waals surface area contributed by atoms with Gasteiger partial charge in [0.1, 0.15) is 0 Å². The molecule has 0 bridgehead atoms. The molecule has 5 N–H and O–H groups in total. The van der Waals surface area contributed by atoms with Crippen LogP contribution in [0.3, 0.4) is 0 Å². The van der Waals surface area contributed by atoms with Gasteiger partial charge in [-0.1, -0.05) is 206 Å². The summed E-state index contributed by atoms with van der Waals surface area (Å²) in [5.74, 6) is -1.09. The first kappa shape index (κ1) is 58.2. The first-order valence-electron chi connectivity index (χ1n) is 26.4. The van der Waals surface area contributed by atoms with Crippen molar-refractivity contribution in [2.24, 2.45) is 11.5 Å². The predicted octanol–water partition coefficient (Wildman–Crippen LogP) is 10.9. The lowest BCUT2D eigenvalue weighted by atomic mass is 10.0. The van der Waals surface area contributed by atoms with E-state index >= 15 is 0 Å². The van der Waals surface area contributed by atoms with Crippen LogP contribution in [0, 0.1) is 0 Å². The Morgan fingerprint density at radius 2 is 0.758 bits per heavy atom. The number of hydrogen-bond acceptors (Lipinski definition) is 10. The van der Waals surface area contributed by atoms with Crippen molar-refractivity contribution >= 4 is 17.8 Å². The van der Waals surface area contributed by atoms with Crippen LogP contribution in [-0.2, 0) is 33.3 Å². The second-order valence-electron chi connectivity index (χ2n) is 18.3. The molecule has 0 aliphatic carbocycles. The first-order valence-corrected chi connectivity index (χ1v) is 26.4. The number of nitrogens with two attached hydrogens (primary N) is 2. The molecule has 366 valence electrons. The van der Waals surface area contributed by atoms with Crippen molar-refractivity contribution in [2.75, 3.05) is 59.2 Å². The molecule has 0 radical (unpaired) electrons. The molecule has 1 aliphatic heterocycles. The molecule has 0 saturated carbocycles. The molecule has 0 aromatic carbocycles. The lowest BCUT2D eigenvalue weighted by Gasteiger charge is -2.20. The minimum Gasteiger partial charge on any atom is -0.466 e. The molecule has 1 fully saturated rings. The maximum absolute atomic E-state index is 13.3. The van der Waals surface area contributed by atoms with Crippen LogP contribution in [0.1, 0.15) is 232 Å². The van der Waals surface area contributed by atoms with Crippen LogP contribution in [0.2, 0.25) is 0 Å². The van der Waals surface area contributed by atoms with Gasteiger partial charge in [-0.3, -0.25) is 19.3 Å². The van der Waals surface area contributed by atoms with E-state index < -0.39 is 18.0 Å². The SMILES string of the molecule is CCCCCCCCCCCCCCCCCCOC(=O)CC(CC(=O)OCCCCCCCCCCCCCCCCCC)NC(=O)CN1C[C@H](OCCN)[C@H](OCCN)C1. The van der Waals surface area contributed by atoms with Gasteiger partial charge in [-0.15, -0.1) is 0 Å². The van der Waals surface area contributed by atoms with Crippen LogP contribution < -0.4 is 16.8 Å². The monoisotopic (exact) mass is 881 g/mol. The van der Waals surface area contributed by atoms with Crippen LogP contribution in [-0.4, -0.2) is 100 Å². The Bertz CT molecular complexity index is 953. The van der Waals surface area contributed by atoms with Crippen molar-refractivity contribution in [1.29, 1.82) is 0 Å². The third-order valence-corrected chi connectivity index (χ3v) is 12.3. The van der Waals surface area contributed by atoms with Crippen molar-refractivity contribution < 1.29 is 33.3 Å². The van der Waals surface area contributed by atoms with E-state index in [1.807, 2.05) is 4.90 Å². The smallest absolute Gasteiger partial charge is 0.307 e. The number of esters is 2. The minimum atomic E-state index is -0.713. The fraction of sp³-hybridized carbons (Fsp3) is 0.941. The molecular weight excluding hydrogens is 781 g/mol. The van der Waals surface area contributed by atoms with Crippen LogP contribution in [0.4, 0.5) is 0 Å². The Balaban J connectivity index is 2.36. The fourth-order valence-electron chi connectivity index (χ4n) is 8.55. The van der Waals surface area contributed by atoms with Crippen molar-refractivity contribution in [3.8, 4) is 0 Å². The molecule has 0 spiro atoms. The molecule has 62 heavy (non-hydrogen) atoms. The molecule has 1 rings (SSSR count). The zero-order chi connectivity index (χ0) is 45.0. The number of nitrogens with one attached hydrogen (secondary N) is 1. The predicted molar refractivity (Wildman–Crippen MR) is 256 cm³/mol. The molecule has 0 unspecified atom stereocenters. The average molecular weight is 881 g/mol. The summed E-state index contributed by atoms with van der Waals surface area (Å²) < 4.78 is 22.9. The number of hydrogen-bond donors (Lipinski definition) is 3. The number of likely N-dealkylation sites (tertiary alicyclic amines) is 1. The van der Waals surface area contributed by atoms with E-state index in [-0.39, 0.29) is 37.5 Å². The van der Waals surface area contributed by atoms with Gasteiger partial charge < -0.3 is 35.7 Å². The van der Waals surface area contributed by atoms with Crippen LogP contribution in [0.5, 0.6) is 0 Å². The van der Waals surface area contributed by atoms with E-state index in [1.54, 1.807) is 0 Å². The third kappa shape index (κ3) is 36.5. The van der Waals surface area contributed by atoms with Crippen molar-refractivity contribution in [1.82, 2.24) is 10.2 Å². The topological polar surface area (TPSA) is 155 Å². The number of rotatable bonds is 47. The van der Waals surface area contributed by atoms with Crippen molar-refractivity contribution in [2.45, 2.75) is 250 Å². The third-order valence-electron chi connectivity index (χ3n) is 12.3. The quantitative estimate of drug-likeness (QED) is 0.0397. The van der Waals surface area contributed by atoms with Crippen LogP contribution in [0.15, 0.2) is 0 Å². The van der Waals surface area contributed by atoms with Gasteiger partial charge in [0.25, 0.3) is 0 Å². The lowest BCUT2D eigenvalue weighted by Crippen LogP contribution is -2.44. The summed E-state index contributed by atoms with van der Waals surface area (Å²) in [4.78, 5) is 41.1. The molecule has 11 nitrogen and oxygen atoms in total. The highest BCUT2D eigenvalue weighted by Crippen LogP contribution is 2.18. The average Bonchev–Trinajstić information content (AvgIpc) is 3.64. The summed E-state index contributed by atoms with van der Waals surface area (Å²) in [7, 11) is 0. The molecule has 1 heterocycles. The first-order chi connectivity index (χ1) is 30.4. The summed E-state index contributed by atoms with van der Waals surface area (Å²) in [6.45, 7) is 7.95. The molecule has 1 saturated heterocycles. The van der Waals surface area contributed by atoms with Crippen LogP contribution >= 0.6 is 0 Å². The summed E-state index contributed by atoms with van der Waals surface area (Å²) >= 11 is 0. The normalized spacial score (nSPS) is 15.4. The van der Waals surface area contributed by atoms with Crippen molar-refractivity contribution in [3.05, 3.63) is 0 Å². The molecule has 1 amide bonds. The van der Waals surface area contributed by atoms with Crippen LogP contribution in [0.25, 0.3) is 0 Å². The Morgan fingerprint density at radius 1 is 0.468 bits per heavy atom. The number of nitrogens with zero attached hydrogens (tertiary/aromatic N) is 1. The van der Waals surface area contributed by atoms with Gasteiger partial charge in [-0.25, -0.2) is 0 Å². The largest absolute Gasteiger partial charge is 0.466 e. The Hall–Kier alpha value is -1.79. The minimum absolute atomic E-state index is 0.0801. The van der Waals surface area contributed by atoms with Crippen molar-refractivity contribution in [3.63, 3.8) is 0 Å². The van der Waals surface area contributed by atoms with E-state index in [2.05, 4.69) is 19.2 Å².